The summed E-state index contributed by atoms with van der Waals surface area (Å²) in [6, 6.07) is 19.2. The largest absolute Gasteiger partial charge is 0.339 e. The number of carbonyl (C=O) groups is 1. The Morgan fingerprint density at radius 3 is 2.31 bits per heavy atom. The first-order valence-corrected chi connectivity index (χ1v) is 10.4. The highest BCUT2D eigenvalue weighted by atomic mass is 19.1. The van der Waals surface area contributed by atoms with Crippen molar-refractivity contribution in [3.63, 3.8) is 0 Å². The third-order valence-electron chi connectivity index (χ3n) is 5.10. The Balaban J connectivity index is 1.69. The molecule has 0 bridgehead atoms. The minimum absolute atomic E-state index is 0.115. The molecule has 8 heteroatoms. The van der Waals surface area contributed by atoms with E-state index in [1.807, 2.05) is 44.2 Å². The number of anilines is 2. The molecule has 0 saturated heterocycles. The summed E-state index contributed by atoms with van der Waals surface area (Å²) >= 11 is 0. The van der Waals surface area contributed by atoms with Crippen LogP contribution in [0.25, 0.3) is 16.9 Å². The topological polar surface area (TPSA) is 75.9 Å². The highest BCUT2D eigenvalue weighted by Crippen LogP contribution is 2.25. The first kappa shape index (κ1) is 21.2. The summed E-state index contributed by atoms with van der Waals surface area (Å²) in [5.74, 6) is 0.550. The number of benzene rings is 2. The lowest BCUT2D eigenvalue weighted by molar-refractivity contribution is 0.0774. The van der Waals surface area contributed by atoms with Crippen molar-refractivity contribution in [1.29, 1.82) is 0 Å². The van der Waals surface area contributed by atoms with Gasteiger partial charge < -0.3 is 10.2 Å². The number of para-hydroxylation sites is 1. The Hall–Kier alpha value is -4.07. The zero-order chi connectivity index (χ0) is 22.5. The highest BCUT2D eigenvalue weighted by Gasteiger charge is 2.22. The van der Waals surface area contributed by atoms with Crippen LogP contribution in [0.4, 0.5) is 16.0 Å². The van der Waals surface area contributed by atoms with Crippen LogP contribution in [0, 0.1) is 5.82 Å². The number of amides is 1. The SMILES string of the molecule is CCN(CC)C(=O)c1cnn(-c2ccccc2)c1Nc1ccc(-c2ccc(F)cc2)nn1. The lowest BCUT2D eigenvalue weighted by Crippen LogP contribution is -2.30. The maximum Gasteiger partial charge on any atom is 0.259 e. The number of nitrogens with zero attached hydrogens (tertiary/aromatic N) is 5. The van der Waals surface area contributed by atoms with Crippen molar-refractivity contribution in [3.8, 4) is 16.9 Å². The summed E-state index contributed by atoms with van der Waals surface area (Å²) < 4.78 is 14.9. The van der Waals surface area contributed by atoms with Gasteiger partial charge in [0.2, 0.25) is 0 Å². The molecule has 4 aromatic rings. The van der Waals surface area contributed by atoms with Crippen molar-refractivity contribution in [2.24, 2.45) is 0 Å². The molecule has 0 aliphatic heterocycles. The molecule has 32 heavy (non-hydrogen) atoms. The molecule has 2 heterocycles. The van der Waals surface area contributed by atoms with Gasteiger partial charge in [-0.3, -0.25) is 4.79 Å². The number of rotatable bonds is 7. The monoisotopic (exact) mass is 430 g/mol. The molecule has 0 fully saturated rings. The van der Waals surface area contributed by atoms with Crippen LogP contribution in [0.15, 0.2) is 72.9 Å². The van der Waals surface area contributed by atoms with Crippen LogP contribution in [0.5, 0.6) is 0 Å². The minimum Gasteiger partial charge on any atom is -0.339 e. The summed E-state index contributed by atoms with van der Waals surface area (Å²) in [6.07, 6.45) is 1.57. The van der Waals surface area contributed by atoms with Gasteiger partial charge in [0.1, 0.15) is 17.2 Å². The number of hydrogen-bond donors (Lipinski definition) is 1. The average molecular weight is 430 g/mol. The van der Waals surface area contributed by atoms with E-state index >= 15 is 0 Å². The van der Waals surface area contributed by atoms with Gasteiger partial charge in [-0.25, -0.2) is 9.07 Å². The number of nitrogens with one attached hydrogen (secondary N) is 1. The Morgan fingerprint density at radius 2 is 1.69 bits per heavy atom. The molecule has 0 aliphatic rings. The van der Waals surface area contributed by atoms with E-state index in [4.69, 9.17) is 0 Å². The predicted molar refractivity (Wildman–Crippen MR) is 122 cm³/mol. The predicted octanol–water partition coefficient (Wildman–Crippen LogP) is 4.69. The van der Waals surface area contributed by atoms with E-state index < -0.39 is 0 Å². The number of hydrogen-bond acceptors (Lipinski definition) is 5. The van der Waals surface area contributed by atoms with Crippen LogP contribution in [-0.2, 0) is 0 Å². The van der Waals surface area contributed by atoms with Gasteiger partial charge in [-0.1, -0.05) is 18.2 Å². The van der Waals surface area contributed by atoms with Crippen molar-refractivity contribution in [1.82, 2.24) is 24.9 Å². The summed E-state index contributed by atoms with van der Waals surface area (Å²) in [5, 5.41) is 16.2. The standard InChI is InChI=1S/C24H23FN6O/c1-3-30(4-2)24(32)20-16-26-31(19-8-6-5-7-9-19)23(20)27-22-15-14-21(28-29-22)17-10-12-18(25)13-11-17/h5-16H,3-4H2,1-2H3,(H,27,29). The summed E-state index contributed by atoms with van der Waals surface area (Å²) in [4.78, 5) is 14.8. The van der Waals surface area contributed by atoms with Gasteiger partial charge in [0.15, 0.2) is 5.82 Å². The van der Waals surface area contributed by atoms with Gasteiger partial charge in [0.25, 0.3) is 5.91 Å². The zero-order valence-electron chi connectivity index (χ0n) is 17.9. The highest BCUT2D eigenvalue weighted by molar-refractivity contribution is 5.99. The molecule has 2 aromatic carbocycles. The van der Waals surface area contributed by atoms with Crippen LogP contribution >= 0.6 is 0 Å². The van der Waals surface area contributed by atoms with E-state index in [1.165, 1.54) is 12.1 Å². The van der Waals surface area contributed by atoms with Crippen molar-refractivity contribution in [3.05, 3.63) is 84.3 Å². The molecular weight excluding hydrogens is 407 g/mol. The van der Waals surface area contributed by atoms with Gasteiger partial charge in [-0.2, -0.15) is 5.10 Å². The normalized spacial score (nSPS) is 10.7. The minimum atomic E-state index is -0.306. The van der Waals surface area contributed by atoms with Crippen molar-refractivity contribution < 1.29 is 9.18 Å². The van der Waals surface area contributed by atoms with E-state index in [0.29, 0.717) is 36.0 Å². The Kier molecular flexibility index (Phi) is 6.21. The summed E-state index contributed by atoms with van der Waals surface area (Å²) in [5.41, 5.74) is 2.63. The van der Waals surface area contributed by atoms with E-state index in [9.17, 15) is 9.18 Å². The van der Waals surface area contributed by atoms with Crippen molar-refractivity contribution in [2.75, 3.05) is 18.4 Å². The fraction of sp³-hybridized carbons (Fsp3) is 0.167. The Labute approximate surface area is 185 Å². The molecule has 0 aliphatic carbocycles. The molecule has 1 N–H and O–H groups in total. The molecule has 4 rings (SSSR count). The summed E-state index contributed by atoms with van der Waals surface area (Å²) in [6.45, 7) is 5.07. The van der Waals surface area contributed by atoms with Crippen LogP contribution in [-0.4, -0.2) is 43.9 Å². The van der Waals surface area contributed by atoms with Crippen LogP contribution < -0.4 is 5.32 Å². The molecule has 7 nitrogen and oxygen atoms in total. The number of carbonyl (C=O) groups excluding carboxylic acids is 1. The lowest BCUT2D eigenvalue weighted by Gasteiger charge is -2.19. The van der Waals surface area contributed by atoms with Gasteiger partial charge in [0.05, 0.1) is 17.6 Å². The number of aromatic nitrogens is 4. The smallest absolute Gasteiger partial charge is 0.259 e. The van der Waals surface area contributed by atoms with Crippen LogP contribution in [0.1, 0.15) is 24.2 Å². The second-order valence-electron chi connectivity index (χ2n) is 7.07. The molecule has 1 amide bonds. The number of halogens is 1. The van der Waals surface area contributed by atoms with E-state index in [0.717, 1.165) is 11.3 Å². The third kappa shape index (κ3) is 4.34. The van der Waals surface area contributed by atoms with E-state index in [2.05, 4.69) is 20.6 Å². The molecule has 0 spiro atoms. The second-order valence-corrected chi connectivity index (χ2v) is 7.07. The first-order chi connectivity index (χ1) is 15.6. The average Bonchev–Trinajstić information content (AvgIpc) is 3.25. The fourth-order valence-electron chi connectivity index (χ4n) is 3.37. The third-order valence-corrected chi connectivity index (χ3v) is 5.10. The van der Waals surface area contributed by atoms with Crippen LogP contribution in [0.2, 0.25) is 0 Å². The Morgan fingerprint density at radius 1 is 0.969 bits per heavy atom. The Bertz CT molecular complexity index is 1190. The van der Waals surface area contributed by atoms with Crippen LogP contribution in [0.3, 0.4) is 0 Å². The maximum atomic E-state index is 13.2. The first-order valence-electron chi connectivity index (χ1n) is 10.4. The molecular formula is C24H23FN6O. The molecule has 0 saturated carbocycles. The molecule has 2 aromatic heterocycles. The van der Waals surface area contributed by atoms with Gasteiger partial charge >= 0.3 is 0 Å². The molecule has 0 radical (unpaired) electrons. The molecule has 0 atom stereocenters. The lowest BCUT2D eigenvalue weighted by atomic mass is 10.1. The molecule has 0 unspecified atom stereocenters. The second kappa shape index (κ2) is 9.38. The van der Waals surface area contributed by atoms with Gasteiger partial charge in [-0.05, 0) is 62.4 Å². The molecule has 162 valence electrons. The van der Waals surface area contributed by atoms with Gasteiger partial charge in [-0.15, -0.1) is 10.2 Å². The maximum absolute atomic E-state index is 13.2. The summed E-state index contributed by atoms with van der Waals surface area (Å²) in [7, 11) is 0. The van der Waals surface area contributed by atoms with Gasteiger partial charge in [0, 0.05) is 18.7 Å². The van der Waals surface area contributed by atoms with E-state index in [-0.39, 0.29) is 11.7 Å². The fourth-order valence-corrected chi connectivity index (χ4v) is 3.37. The van der Waals surface area contributed by atoms with E-state index in [1.54, 1.807) is 40.0 Å². The van der Waals surface area contributed by atoms with Crippen molar-refractivity contribution in [2.45, 2.75) is 13.8 Å². The van der Waals surface area contributed by atoms with Crippen molar-refractivity contribution >= 4 is 17.5 Å². The zero-order valence-corrected chi connectivity index (χ0v) is 17.9. The quantitative estimate of drug-likeness (QED) is 0.460.